The maximum Gasteiger partial charge on any atom is 0.407 e. The molecule has 0 aliphatic rings. The Morgan fingerprint density at radius 3 is 2.25 bits per heavy atom. The summed E-state index contributed by atoms with van der Waals surface area (Å²) in [5, 5.41) is 12.4. The average molecular weight is 231 g/mol. The lowest BCUT2D eigenvalue weighted by Crippen LogP contribution is -2.38. The van der Waals surface area contributed by atoms with Crippen LogP contribution in [-0.2, 0) is 4.74 Å². The Morgan fingerprint density at radius 1 is 1.31 bits per heavy atom. The van der Waals surface area contributed by atoms with Crippen LogP contribution in [0.15, 0.2) is 0 Å². The van der Waals surface area contributed by atoms with Crippen molar-refractivity contribution in [1.29, 1.82) is 0 Å². The molecule has 0 rings (SSSR count). The van der Waals surface area contributed by atoms with Crippen molar-refractivity contribution in [3.05, 3.63) is 0 Å². The molecule has 0 radical (unpaired) electrons. The molecule has 1 amide bonds. The van der Waals surface area contributed by atoms with E-state index in [0.29, 0.717) is 13.0 Å². The Bertz CT molecular complexity index is 211. The number of aliphatic hydroxyl groups excluding tert-OH is 1. The number of carbonyl (C=O) groups is 1. The van der Waals surface area contributed by atoms with Gasteiger partial charge in [0.15, 0.2) is 0 Å². The molecule has 0 saturated carbocycles. The first-order valence-electron chi connectivity index (χ1n) is 5.95. The Hall–Kier alpha value is -0.770. The lowest BCUT2D eigenvalue weighted by atomic mass is 9.98. The molecule has 0 fully saturated rings. The van der Waals surface area contributed by atoms with Crippen LogP contribution in [0, 0.1) is 5.92 Å². The van der Waals surface area contributed by atoms with Gasteiger partial charge in [-0.1, -0.05) is 13.8 Å². The summed E-state index contributed by atoms with van der Waals surface area (Å²) in [6.45, 7) is 9.86. The third-order valence-corrected chi connectivity index (χ3v) is 2.39. The van der Waals surface area contributed by atoms with E-state index < -0.39 is 11.7 Å². The molecule has 96 valence electrons. The van der Waals surface area contributed by atoms with Crippen molar-refractivity contribution in [2.24, 2.45) is 5.92 Å². The second-order valence-corrected chi connectivity index (χ2v) is 5.03. The van der Waals surface area contributed by atoms with Gasteiger partial charge >= 0.3 is 6.09 Å². The van der Waals surface area contributed by atoms with Gasteiger partial charge in [-0.3, -0.25) is 0 Å². The molecule has 2 N–H and O–H groups in total. The van der Waals surface area contributed by atoms with Gasteiger partial charge in [0, 0.05) is 12.5 Å². The van der Waals surface area contributed by atoms with Crippen molar-refractivity contribution in [3.8, 4) is 0 Å². The molecule has 0 spiro atoms. The lowest BCUT2D eigenvalue weighted by Gasteiger charge is -2.23. The van der Waals surface area contributed by atoms with E-state index in [1.165, 1.54) is 0 Å². The minimum atomic E-state index is -0.477. The molecule has 0 aromatic carbocycles. The van der Waals surface area contributed by atoms with Crippen LogP contribution in [0.2, 0.25) is 0 Å². The van der Waals surface area contributed by atoms with E-state index in [4.69, 9.17) is 4.74 Å². The van der Waals surface area contributed by atoms with E-state index in [2.05, 4.69) is 5.32 Å². The highest BCUT2D eigenvalue weighted by atomic mass is 16.6. The molecule has 4 heteroatoms. The van der Waals surface area contributed by atoms with Crippen LogP contribution in [0.25, 0.3) is 0 Å². The van der Waals surface area contributed by atoms with E-state index in [9.17, 15) is 9.90 Å². The molecule has 0 saturated heterocycles. The van der Waals surface area contributed by atoms with Crippen LogP contribution in [-0.4, -0.2) is 29.4 Å². The third-order valence-electron chi connectivity index (χ3n) is 2.39. The average Bonchev–Trinajstić information content (AvgIpc) is 2.15. The number of ether oxygens (including phenoxy) is 1. The molecule has 1 unspecified atom stereocenters. The first kappa shape index (κ1) is 15.2. The summed E-state index contributed by atoms with van der Waals surface area (Å²) in [4.78, 5) is 11.4. The van der Waals surface area contributed by atoms with E-state index in [-0.39, 0.29) is 12.0 Å². The van der Waals surface area contributed by atoms with Gasteiger partial charge in [-0.15, -0.1) is 0 Å². The van der Waals surface area contributed by atoms with Crippen molar-refractivity contribution in [2.45, 2.75) is 59.2 Å². The van der Waals surface area contributed by atoms with Crippen molar-refractivity contribution < 1.29 is 14.6 Å². The molecular weight excluding hydrogens is 206 g/mol. The number of alkyl carbamates (subject to hydrolysis) is 1. The van der Waals surface area contributed by atoms with E-state index in [0.717, 1.165) is 6.42 Å². The van der Waals surface area contributed by atoms with Crippen molar-refractivity contribution in [3.63, 3.8) is 0 Å². The van der Waals surface area contributed by atoms with Crippen LogP contribution < -0.4 is 5.32 Å². The maximum absolute atomic E-state index is 11.4. The number of hydrogen-bond donors (Lipinski definition) is 2. The number of hydrogen-bond acceptors (Lipinski definition) is 3. The van der Waals surface area contributed by atoms with Gasteiger partial charge in [-0.25, -0.2) is 4.79 Å². The second kappa shape index (κ2) is 6.74. The number of carbonyl (C=O) groups excluding carboxylic acids is 1. The fourth-order valence-electron chi connectivity index (χ4n) is 1.41. The van der Waals surface area contributed by atoms with Gasteiger partial charge in [-0.2, -0.15) is 0 Å². The predicted octanol–water partition coefficient (Wildman–Crippen LogP) is 2.31. The zero-order valence-corrected chi connectivity index (χ0v) is 11.0. The summed E-state index contributed by atoms with van der Waals surface area (Å²) < 4.78 is 5.11. The highest BCUT2D eigenvalue weighted by molar-refractivity contribution is 5.67. The van der Waals surface area contributed by atoms with Crippen LogP contribution in [0.3, 0.4) is 0 Å². The number of rotatable bonds is 5. The normalized spacial score (nSPS) is 15.4. The molecule has 0 heterocycles. The van der Waals surface area contributed by atoms with Gasteiger partial charge in [0.2, 0.25) is 0 Å². The minimum absolute atomic E-state index is 0.0949. The molecule has 0 bridgehead atoms. The van der Waals surface area contributed by atoms with Crippen molar-refractivity contribution >= 4 is 6.09 Å². The fraction of sp³-hybridized carbons (Fsp3) is 0.917. The summed E-state index contributed by atoms with van der Waals surface area (Å²) in [5.41, 5.74) is -0.477. The van der Waals surface area contributed by atoms with Gasteiger partial charge < -0.3 is 15.2 Å². The molecule has 0 aromatic rings. The Balaban J connectivity index is 3.98. The summed E-state index contributed by atoms with van der Waals surface area (Å²) in [7, 11) is 0. The Morgan fingerprint density at radius 2 is 1.88 bits per heavy atom. The first-order chi connectivity index (χ1) is 7.30. The molecular formula is C12H25NO3. The summed E-state index contributed by atoms with van der Waals surface area (Å²) in [5.74, 6) is 0.0949. The largest absolute Gasteiger partial charge is 0.444 e. The summed E-state index contributed by atoms with van der Waals surface area (Å²) in [6, 6.07) is 0. The smallest absolute Gasteiger partial charge is 0.407 e. The van der Waals surface area contributed by atoms with Crippen molar-refractivity contribution in [1.82, 2.24) is 5.32 Å². The summed E-state index contributed by atoms with van der Waals surface area (Å²) >= 11 is 0. The monoisotopic (exact) mass is 231 g/mol. The zero-order valence-electron chi connectivity index (χ0n) is 11.0. The van der Waals surface area contributed by atoms with Gasteiger partial charge in [-0.05, 0) is 33.6 Å². The molecule has 0 aliphatic heterocycles. The maximum atomic E-state index is 11.4. The van der Waals surface area contributed by atoms with Crippen molar-refractivity contribution in [2.75, 3.05) is 6.54 Å². The van der Waals surface area contributed by atoms with E-state index in [1.807, 2.05) is 34.6 Å². The molecule has 0 aliphatic carbocycles. The van der Waals surface area contributed by atoms with E-state index >= 15 is 0 Å². The molecule has 4 nitrogen and oxygen atoms in total. The van der Waals surface area contributed by atoms with Crippen LogP contribution >= 0.6 is 0 Å². The molecule has 0 aromatic heterocycles. The van der Waals surface area contributed by atoms with E-state index in [1.54, 1.807) is 0 Å². The predicted molar refractivity (Wildman–Crippen MR) is 64.3 cm³/mol. The summed E-state index contributed by atoms with van der Waals surface area (Å²) in [6.07, 6.45) is 0.758. The minimum Gasteiger partial charge on any atom is -0.444 e. The number of aliphatic hydroxyl groups is 1. The van der Waals surface area contributed by atoms with Crippen LogP contribution in [0.1, 0.15) is 47.5 Å². The van der Waals surface area contributed by atoms with Gasteiger partial charge in [0.25, 0.3) is 0 Å². The topological polar surface area (TPSA) is 58.6 Å². The van der Waals surface area contributed by atoms with Gasteiger partial charge in [0.05, 0.1) is 6.10 Å². The van der Waals surface area contributed by atoms with Crippen LogP contribution in [0.4, 0.5) is 4.79 Å². The lowest BCUT2D eigenvalue weighted by molar-refractivity contribution is 0.0480. The molecule has 2 atom stereocenters. The second-order valence-electron chi connectivity index (χ2n) is 5.03. The highest BCUT2D eigenvalue weighted by Crippen LogP contribution is 2.11. The Labute approximate surface area is 98.4 Å². The Kier molecular flexibility index (Phi) is 6.41. The van der Waals surface area contributed by atoms with Crippen LogP contribution in [0.5, 0.6) is 0 Å². The quantitative estimate of drug-likeness (QED) is 0.763. The standard InChI is InChI=1S/C12H25NO3/c1-6-9(10(14)7-2)8-13-11(15)16-12(3,4)5/h9-10,14H,6-8H2,1-5H3,(H,13,15)/t9-,10?/m0/s1. The first-order valence-corrected chi connectivity index (χ1v) is 5.95. The zero-order chi connectivity index (χ0) is 12.8. The molecule has 16 heavy (non-hydrogen) atoms. The van der Waals surface area contributed by atoms with Gasteiger partial charge in [0.1, 0.15) is 5.60 Å². The highest BCUT2D eigenvalue weighted by Gasteiger charge is 2.19. The SMILES string of the molecule is CCC(O)[C@@H](CC)CNC(=O)OC(C)(C)C. The third kappa shape index (κ3) is 6.67. The number of amides is 1. The number of nitrogens with one attached hydrogen (secondary N) is 1. The fourth-order valence-corrected chi connectivity index (χ4v) is 1.41.